The van der Waals surface area contributed by atoms with E-state index in [9.17, 15) is 8.78 Å². The van der Waals surface area contributed by atoms with E-state index in [2.05, 4.69) is 6.92 Å². The highest BCUT2D eigenvalue weighted by molar-refractivity contribution is 5.33. The third kappa shape index (κ3) is 2.43. The molecule has 0 bridgehead atoms. The van der Waals surface area contributed by atoms with E-state index in [1.165, 1.54) is 0 Å². The van der Waals surface area contributed by atoms with Crippen molar-refractivity contribution in [1.29, 1.82) is 0 Å². The summed E-state index contributed by atoms with van der Waals surface area (Å²) in [6, 6.07) is 3.10. The molecule has 0 N–H and O–H groups in total. The Morgan fingerprint density at radius 1 is 1.06 bits per heavy atom. The van der Waals surface area contributed by atoms with Crippen LogP contribution < -0.4 is 0 Å². The van der Waals surface area contributed by atoms with Crippen LogP contribution in [0.15, 0.2) is 12.1 Å². The summed E-state index contributed by atoms with van der Waals surface area (Å²) in [4.78, 5) is 0. The molecule has 0 amide bonds. The summed E-state index contributed by atoms with van der Waals surface area (Å²) >= 11 is 0. The van der Waals surface area contributed by atoms with Crippen LogP contribution in [0, 0.1) is 17.6 Å². The molecule has 0 heterocycles. The molecule has 1 aromatic rings. The Bertz CT molecular complexity index is 420. The number of hydrogen-bond donors (Lipinski definition) is 0. The zero-order valence-corrected chi connectivity index (χ0v) is 11.7. The van der Waals surface area contributed by atoms with E-state index in [0.717, 1.165) is 24.8 Å². The maximum Gasteiger partial charge on any atom is 0.130 e. The molecule has 2 rings (SSSR count). The Kier molecular flexibility index (Phi) is 3.48. The van der Waals surface area contributed by atoms with E-state index in [1.54, 1.807) is 12.1 Å². The van der Waals surface area contributed by atoms with Gasteiger partial charge in [0, 0.05) is 5.56 Å². The minimum absolute atomic E-state index is 0.205. The van der Waals surface area contributed by atoms with Crippen LogP contribution in [0.3, 0.4) is 0 Å². The largest absolute Gasteiger partial charge is 0.207 e. The lowest BCUT2D eigenvalue weighted by atomic mass is 9.83. The van der Waals surface area contributed by atoms with Gasteiger partial charge in [0.05, 0.1) is 0 Å². The van der Waals surface area contributed by atoms with E-state index >= 15 is 0 Å². The lowest BCUT2D eigenvalue weighted by Gasteiger charge is -2.23. The molecule has 100 valence electrons. The van der Waals surface area contributed by atoms with E-state index in [-0.39, 0.29) is 5.56 Å². The molecule has 2 unspecified atom stereocenters. The van der Waals surface area contributed by atoms with Crippen molar-refractivity contribution in [2.75, 3.05) is 0 Å². The quantitative estimate of drug-likeness (QED) is 0.647. The van der Waals surface area contributed by atoms with E-state index in [0.29, 0.717) is 11.8 Å². The molecular weight excluding hydrogens is 230 g/mol. The highest BCUT2D eigenvalue weighted by Crippen LogP contribution is 2.41. The van der Waals surface area contributed by atoms with Gasteiger partial charge in [0.2, 0.25) is 0 Å². The molecule has 2 heteroatoms. The maximum absolute atomic E-state index is 14.1. The van der Waals surface area contributed by atoms with Crippen molar-refractivity contribution in [3.8, 4) is 0 Å². The molecule has 1 saturated carbocycles. The predicted molar refractivity (Wildman–Crippen MR) is 70.8 cm³/mol. The van der Waals surface area contributed by atoms with Gasteiger partial charge in [-0.1, -0.05) is 40.5 Å². The average Bonchev–Trinajstić information content (AvgIpc) is 2.60. The van der Waals surface area contributed by atoms with Crippen LogP contribution >= 0.6 is 0 Å². The first kappa shape index (κ1) is 13.5. The Hall–Kier alpha value is -0.920. The van der Waals surface area contributed by atoms with Gasteiger partial charge in [-0.05, 0) is 41.4 Å². The normalized spacial score (nSPS) is 24.6. The third-order valence-corrected chi connectivity index (χ3v) is 4.10. The third-order valence-electron chi connectivity index (χ3n) is 4.10. The molecule has 0 saturated heterocycles. The lowest BCUT2D eigenvalue weighted by molar-refractivity contribution is 0.466. The van der Waals surface area contributed by atoms with Crippen LogP contribution in [0.2, 0.25) is 0 Å². The van der Waals surface area contributed by atoms with Crippen LogP contribution in [0.1, 0.15) is 64.0 Å². The van der Waals surface area contributed by atoms with Crippen molar-refractivity contribution >= 4 is 0 Å². The Balaban J connectivity index is 2.43. The van der Waals surface area contributed by atoms with Crippen LogP contribution in [-0.2, 0) is 5.41 Å². The zero-order valence-electron chi connectivity index (χ0n) is 11.7. The molecule has 1 aromatic carbocycles. The molecule has 1 aliphatic carbocycles. The Morgan fingerprint density at radius 3 is 2.00 bits per heavy atom. The van der Waals surface area contributed by atoms with Crippen LogP contribution in [-0.4, -0.2) is 0 Å². The summed E-state index contributed by atoms with van der Waals surface area (Å²) in [5.74, 6) is 0.0699. The highest BCUT2D eigenvalue weighted by atomic mass is 19.1. The second-order valence-corrected chi connectivity index (χ2v) is 6.62. The van der Waals surface area contributed by atoms with Crippen molar-refractivity contribution in [2.45, 2.75) is 58.3 Å². The fraction of sp³-hybridized carbons (Fsp3) is 0.625. The summed E-state index contributed by atoms with van der Waals surface area (Å²) in [6.07, 6.45) is 3.37. The first-order valence-corrected chi connectivity index (χ1v) is 6.80. The van der Waals surface area contributed by atoms with Gasteiger partial charge in [0.15, 0.2) is 0 Å². The first-order chi connectivity index (χ1) is 8.30. The summed E-state index contributed by atoms with van der Waals surface area (Å²) < 4.78 is 28.3. The Labute approximate surface area is 108 Å². The minimum Gasteiger partial charge on any atom is -0.207 e. The fourth-order valence-electron chi connectivity index (χ4n) is 3.16. The van der Waals surface area contributed by atoms with Crippen molar-refractivity contribution in [3.63, 3.8) is 0 Å². The van der Waals surface area contributed by atoms with Crippen LogP contribution in [0.4, 0.5) is 8.78 Å². The van der Waals surface area contributed by atoms with E-state index in [1.807, 2.05) is 20.8 Å². The Morgan fingerprint density at radius 2 is 1.61 bits per heavy atom. The summed E-state index contributed by atoms with van der Waals surface area (Å²) in [5, 5.41) is 0. The second kappa shape index (κ2) is 4.64. The van der Waals surface area contributed by atoms with Crippen LogP contribution in [0.5, 0.6) is 0 Å². The molecule has 1 aliphatic rings. The summed E-state index contributed by atoms with van der Waals surface area (Å²) in [5.41, 5.74) is 0.549. The highest BCUT2D eigenvalue weighted by Gasteiger charge is 2.29. The van der Waals surface area contributed by atoms with E-state index in [4.69, 9.17) is 0 Å². The van der Waals surface area contributed by atoms with Gasteiger partial charge in [-0.2, -0.15) is 0 Å². The average molecular weight is 252 g/mol. The van der Waals surface area contributed by atoms with Crippen molar-refractivity contribution in [1.82, 2.24) is 0 Å². The summed E-state index contributed by atoms with van der Waals surface area (Å²) in [6.45, 7) is 7.69. The second-order valence-electron chi connectivity index (χ2n) is 6.62. The van der Waals surface area contributed by atoms with Gasteiger partial charge in [-0.3, -0.25) is 0 Å². The smallest absolute Gasteiger partial charge is 0.130 e. The molecule has 1 fully saturated rings. The standard InChI is InChI=1S/C16H22F2/c1-10-6-5-7-12(10)11-8-13(17)15(14(18)9-11)16(2,3)4/h8-10,12H,5-7H2,1-4H3. The number of halogens is 2. The number of rotatable bonds is 1. The molecular formula is C16H22F2. The summed E-state index contributed by atoms with van der Waals surface area (Å²) in [7, 11) is 0. The van der Waals surface area contributed by atoms with Gasteiger partial charge >= 0.3 is 0 Å². The molecule has 0 nitrogen and oxygen atoms in total. The zero-order chi connectivity index (χ0) is 13.5. The number of hydrogen-bond acceptors (Lipinski definition) is 0. The SMILES string of the molecule is CC1CCCC1c1cc(F)c(C(C)(C)C)c(F)c1. The fourth-order valence-corrected chi connectivity index (χ4v) is 3.16. The maximum atomic E-state index is 14.1. The van der Waals surface area contributed by atoms with Gasteiger partial charge < -0.3 is 0 Å². The molecule has 2 atom stereocenters. The molecule has 0 aromatic heterocycles. The van der Waals surface area contributed by atoms with Gasteiger partial charge in [0.1, 0.15) is 11.6 Å². The molecule has 0 radical (unpaired) electrons. The number of benzene rings is 1. The van der Waals surface area contributed by atoms with Crippen molar-refractivity contribution in [2.24, 2.45) is 5.92 Å². The lowest BCUT2D eigenvalue weighted by Crippen LogP contribution is -2.17. The van der Waals surface area contributed by atoms with Gasteiger partial charge in [-0.25, -0.2) is 8.78 Å². The first-order valence-electron chi connectivity index (χ1n) is 6.80. The van der Waals surface area contributed by atoms with Crippen LogP contribution in [0.25, 0.3) is 0 Å². The topological polar surface area (TPSA) is 0 Å². The predicted octanol–water partition coefficient (Wildman–Crippen LogP) is 5.17. The van der Waals surface area contributed by atoms with Gasteiger partial charge in [-0.15, -0.1) is 0 Å². The molecule has 0 aliphatic heterocycles. The van der Waals surface area contributed by atoms with Crippen molar-refractivity contribution in [3.05, 3.63) is 34.9 Å². The van der Waals surface area contributed by atoms with E-state index < -0.39 is 17.0 Å². The minimum atomic E-state index is -0.492. The monoisotopic (exact) mass is 252 g/mol. The van der Waals surface area contributed by atoms with Crippen molar-refractivity contribution < 1.29 is 8.78 Å². The van der Waals surface area contributed by atoms with Gasteiger partial charge in [0.25, 0.3) is 0 Å². The molecule has 0 spiro atoms. The molecule has 18 heavy (non-hydrogen) atoms.